The zero-order chi connectivity index (χ0) is 11.3. The van der Waals surface area contributed by atoms with Crippen LogP contribution < -0.4 is 11.2 Å². The molecule has 0 aliphatic rings. The fourth-order valence-electron chi connectivity index (χ4n) is 1.19. The topological polar surface area (TPSA) is 64.1 Å². The van der Waals surface area contributed by atoms with Gasteiger partial charge in [0.2, 0.25) is 0 Å². The summed E-state index contributed by atoms with van der Waals surface area (Å²) in [6, 6.07) is 1.31. The molecule has 0 aliphatic carbocycles. The van der Waals surface area contributed by atoms with Crippen LogP contribution in [0, 0.1) is 0 Å². The van der Waals surface area contributed by atoms with Crippen LogP contribution in [0.2, 0.25) is 0 Å². The van der Waals surface area contributed by atoms with E-state index in [9.17, 15) is 9.59 Å². The third-order valence-corrected chi connectivity index (χ3v) is 2.10. The SMILES string of the molecule is CCCCO[C@H](C)n1ccc(=O)[nH]c1=O. The summed E-state index contributed by atoms with van der Waals surface area (Å²) in [6.45, 7) is 4.46. The van der Waals surface area contributed by atoms with Gasteiger partial charge in [-0.2, -0.15) is 0 Å². The molecular formula is C10H16N2O3. The molecule has 0 aliphatic heterocycles. The third-order valence-electron chi connectivity index (χ3n) is 2.10. The molecule has 0 radical (unpaired) electrons. The Morgan fingerprint density at radius 2 is 2.27 bits per heavy atom. The van der Waals surface area contributed by atoms with Crippen molar-refractivity contribution < 1.29 is 4.74 Å². The maximum atomic E-state index is 11.3. The van der Waals surface area contributed by atoms with Crippen LogP contribution in [0.4, 0.5) is 0 Å². The number of aromatic nitrogens is 2. The molecule has 0 bridgehead atoms. The predicted molar refractivity (Wildman–Crippen MR) is 56.9 cm³/mol. The number of nitrogens with one attached hydrogen (secondary N) is 1. The lowest BCUT2D eigenvalue weighted by Crippen LogP contribution is -2.31. The van der Waals surface area contributed by atoms with E-state index in [2.05, 4.69) is 11.9 Å². The first-order chi connectivity index (χ1) is 7.15. The van der Waals surface area contributed by atoms with Crippen molar-refractivity contribution in [3.8, 4) is 0 Å². The number of hydrogen-bond acceptors (Lipinski definition) is 3. The average molecular weight is 212 g/mol. The van der Waals surface area contributed by atoms with Gasteiger partial charge in [-0.3, -0.25) is 14.3 Å². The van der Waals surface area contributed by atoms with Gasteiger partial charge < -0.3 is 4.74 Å². The van der Waals surface area contributed by atoms with E-state index < -0.39 is 11.2 Å². The van der Waals surface area contributed by atoms with Gasteiger partial charge in [0.1, 0.15) is 6.23 Å². The van der Waals surface area contributed by atoms with Gasteiger partial charge >= 0.3 is 5.69 Å². The van der Waals surface area contributed by atoms with E-state index in [0.29, 0.717) is 6.61 Å². The highest BCUT2D eigenvalue weighted by Gasteiger charge is 2.05. The Balaban J connectivity index is 2.69. The number of aromatic amines is 1. The van der Waals surface area contributed by atoms with Gasteiger partial charge in [-0.15, -0.1) is 0 Å². The van der Waals surface area contributed by atoms with Crippen molar-refractivity contribution in [2.24, 2.45) is 0 Å². The van der Waals surface area contributed by atoms with Crippen molar-refractivity contribution in [2.45, 2.75) is 32.9 Å². The average Bonchev–Trinajstić information content (AvgIpc) is 2.17. The predicted octanol–water partition coefficient (Wildman–Crippen LogP) is 0.872. The molecule has 84 valence electrons. The molecule has 5 heteroatoms. The molecule has 1 rings (SSSR count). The van der Waals surface area contributed by atoms with Crippen LogP contribution in [-0.4, -0.2) is 16.2 Å². The van der Waals surface area contributed by atoms with Crippen molar-refractivity contribution in [2.75, 3.05) is 6.61 Å². The Bertz CT molecular complexity index is 408. The minimum Gasteiger partial charge on any atom is -0.358 e. The molecule has 1 heterocycles. The summed E-state index contributed by atoms with van der Waals surface area (Å²) in [4.78, 5) is 24.3. The van der Waals surface area contributed by atoms with E-state index >= 15 is 0 Å². The van der Waals surface area contributed by atoms with Crippen LogP contribution >= 0.6 is 0 Å². The normalized spacial score (nSPS) is 12.7. The van der Waals surface area contributed by atoms with Crippen molar-refractivity contribution in [1.82, 2.24) is 9.55 Å². The van der Waals surface area contributed by atoms with Crippen LogP contribution in [0.15, 0.2) is 21.9 Å². The summed E-state index contributed by atoms with van der Waals surface area (Å²) in [6.07, 6.45) is 3.11. The standard InChI is InChI=1S/C10H16N2O3/c1-3-4-7-15-8(2)12-6-5-9(13)11-10(12)14/h5-6,8H,3-4,7H2,1-2H3,(H,11,13,14)/t8-/m1/s1. The number of hydrogen-bond donors (Lipinski definition) is 1. The van der Waals surface area contributed by atoms with Crippen molar-refractivity contribution in [3.63, 3.8) is 0 Å². The van der Waals surface area contributed by atoms with Gasteiger partial charge in [0, 0.05) is 18.9 Å². The Morgan fingerprint density at radius 1 is 1.53 bits per heavy atom. The van der Waals surface area contributed by atoms with E-state index in [1.807, 2.05) is 0 Å². The molecule has 0 saturated carbocycles. The Kier molecular flexibility index (Phi) is 4.30. The first-order valence-corrected chi connectivity index (χ1v) is 5.08. The van der Waals surface area contributed by atoms with Gasteiger partial charge in [0.15, 0.2) is 0 Å². The Morgan fingerprint density at radius 3 is 2.87 bits per heavy atom. The molecule has 1 aromatic heterocycles. The van der Waals surface area contributed by atoms with Gasteiger partial charge in [-0.25, -0.2) is 4.79 Å². The zero-order valence-corrected chi connectivity index (χ0v) is 9.03. The molecular weight excluding hydrogens is 196 g/mol. The number of nitrogens with zero attached hydrogens (tertiary/aromatic N) is 1. The summed E-state index contributed by atoms with van der Waals surface area (Å²) in [5.74, 6) is 0. The zero-order valence-electron chi connectivity index (χ0n) is 9.03. The number of H-pyrrole nitrogens is 1. The molecule has 0 fully saturated rings. The molecule has 5 nitrogen and oxygen atoms in total. The lowest BCUT2D eigenvalue weighted by Gasteiger charge is -2.14. The third kappa shape index (κ3) is 3.36. The van der Waals surface area contributed by atoms with Gasteiger partial charge in [-0.1, -0.05) is 13.3 Å². The molecule has 15 heavy (non-hydrogen) atoms. The largest absolute Gasteiger partial charge is 0.358 e. The molecule has 1 atom stereocenters. The van der Waals surface area contributed by atoms with E-state index in [1.165, 1.54) is 16.8 Å². The van der Waals surface area contributed by atoms with Crippen LogP contribution in [0.3, 0.4) is 0 Å². The maximum absolute atomic E-state index is 11.3. The summed E-state index contributed by atoms with van der Waals surface area (Å²) in [7, 11) is 0. The molecule has 0 saturated heterocycles. The quantitative estimate of drug-likeness (QED) is 0.736. The molecule has 1 N–H and O–H groups in total. The van der Waals surface area contributed by atoms with Crippen LogP contribution in [0.25, 0.3) is 0 Å². The maximum Gasteiger partial charge on any atom is 0.330 e. The van der Waals surface area contributed by atoms with E-state index in [1.54, 1.807) is 6.92 Å². The van der Waals surface area contributed by atoms with E-state index in [4.69, 9.17) is 4.74 Å². The monoisotopic (exact) mass is 212 g/mol. The fraction of sp³-hybridized carbons (Fsp3) is 0.600. The van der Waals surface area contributed by atoms with Gasteiger partial charge in [0.25, 0.3) is 5.56 Å². The van der Waals surface area contributed by atoms with Gasteiger partial charge in [0.05, 0.1) is 0 Å². The van der Waals surface area contributed by atoms with Gasteiger partial charge in [-0.05, 0) is 13.3 Å². The Hall–Kier alpha value is -1.36. The Labute approximate surface area is 87.7 Å². The highest BCUT2D eigenvalue weighted by atomic mass is 16.5. The second kappa shape index (κ2) is 5.50. The molecule has 0 aromatic carbocycles. The van der Waals surface area contributed by atoms with Crippen molar-refractivity contribution in [3.05, 3.63) is 33.1 Å². The second-order valence-electron chi connectivity index (χ2n) is 3.34. The summed E-state index contributed by atoms with van der Waals surface area (Å²) in [5.41, 5.74) is -0.830. The molecule has 0 unspecified atom stereocenters. The first kappa shape index (κ1) is 11.7. The second-order valence-corrected chi connectivity index (χ2v) is 3.34. The van der Waals surface area contributed by atoms with Crippen LogP contribution in [0.5, 0.6) is 0 Å². The highest BCUT2D eigenvalue weighted by Crippen LogP contribution is 2.03. The van der Waals surface area contributed by atoms with E-state index in [-0.39, 0.29) is 6.23 Å². The first-order valence-electron chi connectivity index (χ1n) is 5.08. The molecule has 0 amide bonds. The number of unbranched alkanes of at least 4 members (excludes halogenated alkanes) is 1. The molecule has 1 aromatic rings. The summed E-state index contributed by atoms with van der Waals surface area (Å²) in [5, 5.41) is 0. The fourth-order valence-corrected chi connectivity index (χ4v) is 1.19. The number of ether oxygens (including phenoxy) is 1. The minimum atomic E-state index is -0.438. The number of rotatable bonds is 5. The summed E-state index contributed by atoms with van der Waals surface area (Å²) < 4.78 is 6.79. The van der Waals surface area contributed by atoms with Crippen LogP contribution in [-0.2, 0) is 4.74 Å². The highest BCUT2D eigenvalue weighted by molar-refractivity contribution is 4.83. The van der Waals surface area contributed by atoms with Crippen molar-refractivity contribution in [1.29, 1.82) is 0 Å². The lowest BCUT2D eigenvalue weighted by molar-refractivity contribution is 0.0114. The van der Waals surface area contributed by atoms with Crippen LogP contribution in [0.1, 0.15) is 32.9 Å². The minimum absolute atomic E-state index is 0.346. The smallest absolute Gasteiger partial charge is 0.330 e. The summed E-state index contributed by atoms with van der Waals surface area (Å²) >= 11 is 0. The molecule has 0 spiro atoms. The van der Waals surface area contributed by atoms with E-state index in [0.717, 1.165) is 12.8 Å². The van der Waals surface area contributed by atoms with Crippen molar-refractivity contribution >= 4 is 0 Å². The lowest BCUT2D eigenvalue weighted by atomic mass is 10.4.